The van der Waals surface area contributed by atoms with Gasteiger partial charge in [0.25, 0.3) is 0 Å². The van der Waals surface area contributed by atoms with Gasteiger partial charge in [0.05, 0.1) is 18.8 Å². The van der Waals surface area contributed by atoms with E-state index >= 15 is 0 Å². The van der Waals surface area contributed by atoms with Crippen molar-refractivity contribution in [1.29, 1.82) is 0 Å². The molecule has 112 valence electrons. The lowest BCUT2D eigenvalue weighted by molar-refractivity contribution is 0.408. The van der Waals surface area contributed by atoms with Gasteiger partial charge in [-0.05, 0) is 13.0 Å². The first kappa shape index (κ1) is 14.8. The largest absolute Gasteiger partial charge is 0.496 e. The summed E-state index contributed by atoms with van der Waals surface area (Å²) in [4.78, 5) is 5.94. The smallest absolute Gasteiger partial charge is 0.124 e. The van der Waals surface area contributed by atoms with Crippen molar-refractivity contribution in [1.82, 2.24) is 4.98 Å². The maximum atomic E-state index is 6.42. The Hall–Kier alpha value is -2.17. The van der Waals surface area contributed by atoms with Gasteiger partial charge in [0.15, 0.2) is 0 Å². The number of ether oxygens (including phenoxy) is 1. The summed E-state index contributed by atoms with van der Waals surface area (Å²) in [5, 5.41) is 0.904. The van der Waals surface area contributed by atoms with E-state index in [1.807, 2.05) is 42.5 Å². The first-order valence-corrected chi connectivity index (χ1v) is 7.93. The number of nitrogens with two attached hydrogens (primary N) is 1. The predicted molar refractivity (Wildman–Crippen MR) is 91.3 cm³/mol. The zero-order valence-corrected chi connectivity index (χ0v) is 13.4. The SMILES string of the molecule is COc1ccccc1C(N)c1nc(-c2ccccc2)c(C)s1. The van der Waals surface area contributed by atoms with Crippen LogP contribution in [-0.4, -0.2) is 12.1 Å². The van der Waals surface area contributed by atoms with Crippen LogP contribution in [0.25, 0.3) is 11.3 Å². The van der Waals surface area contributed by atoms with Gasteiger partial charge in [0.2, 0.25) is 0 Å². The van der Waals surface area contributed by atoms with Crippen molar-refractivity contribution in [2.75, 3.05) is 7.11 Å². The summed E-state index contributed by atoms with van der Waals surface area (Å²) in [7, 11) is 1.66. The fraction of sp³-hybridized carbons (Fsp3) is 0.167. The summed E-state index contributed by atoms with van der Waals surface area (Å²) in [6.45, 7) is 2.08. The molecule has 1 unspecified atom stereocenters. The van der Waals surface area contributed by atoms with E-state index in [0.717, 1.165) is 27.6 Å². The van der Waals surface area contributed by atoms with E-state index in [1.54, 1.807) is 18.4 Å². The Balaban J connectivity index is 1.99. The minimum absolute atomic E-state index is 0.280. The first-order chi connectivity index (χ1) is 10.7. The Kier molecular flexibility index (Phi) is 4.22. The first-order valence-electron chi connectivity index (χ1n) is 7.12. The van der Waals surface area contributed by atoms with Gasteiger partial charge in [-0.15, -0.1) is 11.3 Å². The number of aryl methyl sites for hydroxylation is 1. The second-order valence-corrected chi connectivity index (χ2v) is 6.28. The molecule has 0 spiro atoms. The number of nitrogens with zero attached hydrogens (tertiary/aromatic N) is 1. The molecular weight excluding hydrogens is 292 g/mol. The molecular formula is C18H18N2OS. The molecule has 0 radical (unpaired) electrons. The van der Waals surface area contributed by atoms with Crippen LogP contribution in [0.3, 0.4) is 0 Å². The molecule has 0 saturated carbocycles. The van der Waals surface area contributed by atoms with Crippen molar-refractivity contribution in [3.63, 3.8) is 0 Å². The molecule has 2 aromatic carbocycles. The summed E-state index contributed by atoms with van der Waals surface area (Å²) in [5.41, 5.74) is 9.50. The molecule has 0 aliphatic carbocycles. The molecule has 1 aromatic heterocycles. The number of rotatable bonds is 4. The van der Waals surface area contributed by atoms with E-state index in [0.29, 0.717) is 0 Å². The quantitative estimate of drug-likeness (QED) is 0.786. The van der Waals surface area contributed by atoms with Crippen molar-refractivity contribution in [2.24, 2.45) is 5.73 Å². The topological polar surface area (TPSA) is 48.1 Å². The Morgan fingerprint density at radius 2 is 1.73 bits per heavy atom. The molecule has 0 fully saturated rings. The lowest BCUT2D eigenvalue weighted by Gasteiger charge is -2.13. The van der Waals surface area contributed by atoms with Crippen LogP contribution in [0.1, 0.15) is 21.5 Å². The van der Waals surface area contributed by atoms with Crippen LogP contribution in [0.15, 0.2) is 54.6 Å². The van der Waals surface area contributed by atoms with Crippen molar-refractivity contribution in [3.8, 4) is 17.0 Å². The van der Waals surface area contributed by atoms with Gasteiger partial charge in [0.1, 0.15) is 10.8 Å². The number of hydrogen-bond donors (Lipinski definition) is 1. The molecule has 1 heterocycles. The molecule has 3 rings (SSSR count). The van der Waals surface area contributed by atoms with E-state index in [9.17, 15) is 0 Å². The fourth-order valence-corrected chi connectivity index (χ4v) is 3.43. The second kappa shape index (κ2) is 6.30. The van der Waals surface area contributed by atoms with E-state index in [2.05, 4.69) is 19.1 Å². The highest BCUT2D eigenvalue weighted by atomic mass is 32.1. The minimum Gasteiger partial charge on any atom is -0.496 e. The van der Waals surface area contributed by atoms with E-state index in [4.69, 9.17) is 15.5 Å². The molecule has 0 bridgehead atoms. The van der Waals surface area contributed by atoms with E-state index in [1.165, 1.54) is 4.88 Å². The molecule has 0 aliphatic rings. The third-order valence-corrected chi connectivity index (χ3v) is 4.65. The third kappa shape index (κ3) is 2.75. The van der Waals surface area contributed by atoms with E-state index < -0.39 is 0 Å². The Morgan fingerprint density at radius 3 is 2.45 bits per heavy atom. The normalized spacial score (nSPS) is 12.1. The molecule has 3 nitrogen and oxygen atoms in total. The zero-order valence-electron chi connectivity index (χ0n) is 12.6. The maximum absolute atomic E-state index is 6.42. The van der Waals surface area contributed by atoms with Gasteiger partial charge < -0.3 is 10.5 Å². The van der Waals surface area contributed by atoms with Gasteiger partial charge >= 0.3 is 0 Å². The van der Waals surface area contributed by atoms with Crippen LogP contribution in [0.2, 0.25) is 0 Å². The van der Waals surface area contributed by atoms with Crippen molar-refractivity contribution in [2.45, 2.75) is 13.0 Å². The average Bonchev–Trinajstić information content (AvgIpc) is 2.97. The monoisotopic (exact) mass is 310 g/mol. The highest BCUT2D eigenvalue weighted by Crippen LogP contribution is 2.34. The van der Waals surface area contributed by atoms with Crippen LogP contribution < -0.4 is 10.5 Å². The van der Waals surface area contributed by atoms with Crippen LogP contribution >= 0.6 is 11.3 Å². The molecule has 0 saturated heterocycles. The Morgan fingerprint density at radius 1 is 1.05 bits per heavy atom. The van der Waals surface area contributed by atoms with Crippen LogP contribution in [0.5, 0.6) is 5.75 Å². The van der Waals surface area contributed by atoms with Gasteiger partial charge in [-0.25, -0.2) is 4.98 Å². The van der Waals surface area contributed by atoms with Gasteiger partial charge in [-0.3, -0.25) is 0 Å². The highest BCUT2D eigenvalue weighted by molar-refractivity contribution is 7.12. The number of thiazole rings is 1. The van der Waals surface area contributed by atoms with Crippen molar-refractivity contribution < 1.29 is 4.74 Å². The minimum atomic E-state index is -0.280. The number of aromatic nitrogens is 1. The fourth-order valence-electron chi connectivity index (χ4n) is 2.47. The highest BCUT2D eigenvalue weighted by Gasteiger charge is 2.19. The molecule has 3 aromatic rings. The summed E-state index contributed by atoms with van der Waals surface area (Å²) in [6, 6.07) is 17.7. The van der Waals surface area contributed by atoms with Crippen molar-refractivity contribution in [3.05, 3.63) is 70.0 Å². The number of para-hydroxylation sites is 1. The van der Waals surface area contributed by atoms with Crippen LogP contribution in [0, 0.1) is 6.92 Å². The Bertz CT molecular complexity index is 768. The molecule has 0 aliphatic heterocycles. The lowest BCUT2D eigenvalue weighted by Crippen LogP contribution is -2.12. The average molecular weight is 310 g/mol. The van der Waals surface area contributed by atoms with Gasteiger partial charge in [-0.1, -0.05) is 48.5 Å². The van der Waals surface area contributed by atoms with Crippen molar-refractivity contribution >= 4 is 11.3 Å². The molecule has 0 amide bonds. The molecule has 2 N–H and O–H groups in total. The van der Waals surface area contributed by atoms with Crippen LogP contribution in [0.4, 0.5) is 0 Å². The molecule has 1 atom stereocenters. The third-order valence-electron chi connectivity index (χ3n) is 3.60. The van der Waals surface area contributed by atoms with Crippen LogP contribution in [-0.2, 0) is 0 Å². The molecule has 4 heteroatoms. The summed E-state index contributed by atoms with van der Waals surface area (Å²) in [5.74, 6) is 0.795. The maximum Gasteiger partial charge on any atom is 0.124 e. The summed E-state index contributed by atoms with van der Waals surface area (Å²) < 4.78 is 5.41. The molecule has 22 heavy (non-hydrogen) atoms. The summed E-state index contributed by atoms with van der Waals surface area (Å²) in [6.07, 6.45) is 0. The van der Waals surface area contributed by atoms with Gasteiger partial charge in [-0.2, -0.15) is 0 Å². The number of hydrogen-bond acceptors (Lipinski definition) is 4. The van der Waals surface area contributed by atoms with Gasteiger partial charge in [0, 0.05) is 16.0 Å². The number of methoxy groups -OCH3 is 1. The zero-order chi connectivity index (χ0) is 15.5. The van der Waals surface area contributed by atoms with E-state index in [-0.39, 0.29) is 6.04 Å². The standard InChI is InChI=1S/C18H18N2OS/c1-12-17(13-8-4-3-5-9-13)20-18(22-12)16(19)14-10-6-7-11-15(14)21-2/h3-11,16H,19H2,1-2H3. The second-order valence-electron chi connectivity index (χ2n) is 5.04. The lowest BCUT2D eigenvalue weighted by atomic mass is 10.1. The number of benzene rings is 2. The Labute approximate surface area is 134 Å². The predicted octanol–water partition coefficient (Wildman–Crippen LogP) is 4.18. The summed E-state index contributed by atoms with van der Waals surface area (Å²) >= 11 is 1.64.